The normalized spacial score (nSPS) is 21.1. The lowest BCUT2D eigenvalue weighted by molar-refractivity contribution is -0.144. The molecule has 1 aliphatic heterocycles. The molecule has 7 nitrogen and oxygen atoms in total. The van der Waals surface area contributed by atoms with Crippen molar-refractivity contribution >= 4 is 17.9 Å². The maximum atomic E-state index is 11.6. The van der Waals surface area contributed by atoms with Gasteiger partial charge >= 0.3 is 12.0 Å². The minimum absolute atomic E-state index is 0.0404. The third-order valence-electron chi connectivity index (χ3n) is 2.29. The van der Waals surface area contributed by atoms with Gasteiger partial charge in [0.05, 0.1) is 7.11 Å². The number of imide groups is 1. The van der Waals surface area contributed by atoms with Gasteiger partial charge in [0.25, 0.3) is 5.91 Å². The average Bonchev–Trinajstić information content (AvgIpc) is 2.42. The Balaban J connectivity index is 2.78. The number of likely N-dealkylation sites (N-methyl/N-ethyl adjacent to an activating group) is 1. The van der Waals surface area contributed by atoms with E-state index in [9.17, 15) is 14.4 Å². The van der Waals surface area contributed by atoms with Crippen molar-refractivity contribution in [2.75, 3.05) is 27.2 Å². The number of esters is 1. The number of urea groups is 1. The van der Waals surface area contributed by atoms with E-state index < -0.39 is 23.9 Å². The summed E-state index contributed by atoms with van der Waals surface area (Å²) < 4.78 is 4.38. The minimum Gasteiger partial charge on any atom is -0.468 e. The van der Waals surface area contributed by atoms with Gasteiger partial charge in [-0.25, -0.2) is 4.79 Å². The molecule has 0 radical (unpaired) electrons. The topological polar surface area (TPSA) is 92.9 Å². The number of nitrogens with two attached hydrogens (primary N) is 1. The molecule has 84 valence electrons. The SMILES string of the molecule is COC(=O)CN1C(=O)C(CN)N(C)C1=O. The second-order valence-corrected chi connectivity index (χ2v) is 3.15. The summed E-state index contributed by atoms with van der Waals surface area (Å²) in [6, 6.07) is -1.21. The van der Waals surface area contributed by atoms with Gasteiger partial charge in [-0.15, -0.1) is 0 Å². The highest BCUT2D eigenvalue weighted by Gasteiger charge is 2.42. The molecule has 7 heteroatoms. The van der Waals surface area contributed by atoms with E-state index in [2.05, 4.69) is 4.74 Å². The van der Waals surface area contributed by atoms with Gasteiger partial charge in [0.1, 0.15) is 12.6 Å². The highest BCUT2D eigenvalue weighted by Crippen LogP contribution is 2.14. The maximum Gasteiger partial charge on any atom is 0.327 e. The van der Waals surface area contributed by atoms with Crippen LogP contribution in [0.5, 0.6) is 0 Å². The zero-order valence-electron chi connectivity index (χ0n) is 8.60. The van der Waals surface area contributed by atoms with Crippen molar-refractivity contribution in [2.45, 2.75) is 6.04 Å². The minimum atomic E-state index is -0.679. The smallest absolute Gasteiger partial charge is 0.327 e. The zero-order chi connectivity index (χ0) is 11.6. The van der Waals surface area contributed by atoms with Crippen LogP contribution in [0.25, 0.3) is 0 Å². The van der Waals surface area contributed by atoms with Crippen molar-refractivity contribution < 1.29 is 19.1 Å². The van der Waals surface area contributed by atoms with Gasteiger partial charge in [0.15, 0.2) is 0 Å². The fourth-order valence-electron chi connectivity index (χ4n) is 1.36. The molecule has 1 heterocycles. The predicted octanol–water partition coefficient (Wildman–Crippen LogP) is -1.62. The lowest BCUT2D eigenvalue weighted by Crippen LogP contribution is -2.38. The van der Waals surface area contributed by atoms with Crippen molar-refractivity contribution in [3.63, 3.8) is 0 Å². The summed E-state index contributed by atoms with van der Waals surface area (Å²) in [7, 11) is 2.66. The fourth-order valence-corrected chi connectivity index (χ4v) is 1.36. The molecular formula is C8H13N3O4. The van der Waals surface area contributed by atoms with Gasteiger partial charge in [-0.3, -0.25) is 14.5 Å². The molecule has 0 aliphatic carbocycles. The number of rotatable bonds is 3. The van der Waals surface area contributed by atoms with Crippen LogP contribution in [-0.2, 0) is 14.3 Å². The van der Waals surface area contributed by atoms with Crippen LogP contribution < -0.4 is 5.73 Å². The summed E-state index contributed by atoms with van der Waals surface area (Å²) in [4.78, 5) is 36.1. The molecule has 1 aliphatic rings. The van der Waals surface area contributed by atoms with Gasteiger partial charge in [-0.1, -0.05) is 0 Å². The molecule has 1 unspecified atom stereocenters. The molecule has 0 bridgehead atoms. The van der Waals surface area contributed by atoms with Crippen LogP contribution in [0, 0.1) is 0 Å². The molecule has 0 spiro atoms. The van der Waals surface area contributed by atoms with Crippen molar-refractivity contribution in [2.24, 2.45) is 5.73 Å². The lowest BCUT2D eigenvalue weighted by atomic mass is 10.3. The van der Waals surface area contributed by atoms with Gasteiger partial charge in [-0.05, 0) is 0 Å². The number of amides is 3. The van der Waals surface area contributed by atoms with E-state index in [4.69, 9.17) is 5.73 Å². The van der Waals surface area contributed by atoms with E-state index in [0.717, 1.165) is 4.90 Å². The number of carbonyl (C=O) groups excluding carboxylic acids is 3. The third kappa shape index (κ3) is 1.91. The summed E-state index contributed by atoms with van der Waals surface area (Å²) in [5.41, 5.74) is 5.34. The average molecular weight is 215 g/mol. The van der Waals surface area contributed by atoms with Crippen molar-refractivity contribution in [3.8, 4) is 0 Å². The lowest BCUT2D eigenvalue weighted by Gasteiger charge is -2.13. The Morgan fingerprint density at radius 3 is 2.53 bits per heavy atom. The van der Waals surface area contributed by atoms with Crippen molar-refractivity contribution in [1.82, 2.24) is 9.80 Å². The quantitative estimate of drug-likeness (QED) is 0.451. The van der Waals surface area contributed by atoms with E-state index in [1.165, 1.54) is 19.1 Å². The molecule has 1 atom stereocenters. The molecule has 0 aromatic rings. The van der Waals surface area contributed by atoms with Gasteiger partial charge in [-0.2, -0.15) is 0 Å². The van der Waals surface area contributed by atoms with Crippen LogP contribution in [0.4, 0.5) is 4.79 Å². The third-order valence-corrected chi connectivity index (χ3v) is 2.29. The number of carbonyl (C=O) groups is 3. The monoisotopic (exact) mass is 215 g/mol. The number of nitrogens with zero attached hydrogens (tertiary/aromatic N) is 2. The molecule has 1 rings (SSSR count). The van der Waals surface area contributed by atoms with Crippen molar-refractivity contribution in [1.29, 1.82) is 0 Å². The molecular weight excluding hydrogens is 202 g/mol. The van der Waals surface area contributed by atoms with Gasteiger partial charge in [0.2, 0.25) is 0 Å². The van der Waals surface area contributed by atoms with Crippen molar-refractivity contribution in [3.05, 3.63) is 0 Å². The summed E-state index contributed by atoms with van der Waals surface area (Å²) >= 11 is 0. The summed E-state index contributed by atoms with van der Waals surface area (Å²) in [5, 5.41) is 0. The Labute approximate surface area is 86.7 Å². The molecule has 2 N–H and O–H groups in total. The number of methoxy groups -OCH3 is 1. The predicted molar refractivity (Wildman–Crippen MR) is 49.7 cm³/mol. The Hall–Kier alpha value is -1.63. The Kier molecular flexibility index (Phi) is 3.25. The molecule has 1 fully saturated rings. The standard InChI is InChI=1S/C8H13N3O4/c1-10-5(3-9)7(13)11(8(10)14)4-6(12)15-2/h5H,3-4,9H2,1-2H3. The second-order valence-electron chi connectivity index (χ2n) is 3.15. The van der Waals surface area contributed by atoms with Crippen LogP contribution in [0.15, 0.2) is 0 Å². The second kappa shape index (κ2) is 4.26. The number of ether oxygens (including phenoxy) is 1. The molecule has 1 saturated heterocycles. The van der Waals surface area contributed by atoms with Crippen LogP contribution >= 0.6 is 0 Å². The molecule has 3 amide bonds. The van der Waals surface area contributed by atoms with Crippen LogP contribution in [-0.4, -0.2) is 61.0 Å². The molecule has 0 aromatic carbocycles. The Morgan fingerprint density at radius 1 is 1.53 bits per heavy atom. The molecule has 0 aromatic heterocycles. The first-order valence-electron chi connectivity index (χ1n) is 4.38. The van der Waals surface area contributed by atoms with E-state index >= 15 is 0 Å². The summed E-state index contributed by atoms with van der Waals surface area (Å²) in [5.74, 6) is -1.10. The van der Waals surface area contributed by atoms with Crippen LogP contribution in [0.1, 0.15) is 0 Å². The first-order chi connectivity index (χ1) is 7.02. The zero-order valence-corrected chi connectivity index (χ0v) is 8.60. The Morgan fingerprint density at radius 2 is 2.13 bits per heavy atom. The maximum absolute atomic E-state index is 11.6. The summed E-state index contributed by atoms with van der Waals surface area (Å²) in [6.07, 6.45) is 0. The highest BCUT2D eigenvalue weighted by atomic mass is 16.5. The largest absolute Gasteiger partial charge is 0.468 e. The summed E-state index contributed by atoms with van der Waals surface area (Å²) in [6.45, 7) is -0.326. The van der Waals surface area contributed by atoms with E-state index in [1.807, 2.05) is 0 Å². The first kappa shape index (κ1) is 11.4. The van der Waals surface area contributed by atoms with Gasteiger partial charge in [0, 0.05) is 13.6 Å². The number of hydrogen-bond donors (Lipinski definition) is 1. The highest BCUT2D eigenvalue weighted by molar-refractivity contribution is 6.06. The number of hydrogen-bond acceptors (Lipinski definition) is 5. The molecule has 0 saturated carbocycles. The van der Waals surface area contributed by atoms with E-state index in [0.29, 0.717) is 0 Å². The Bertz CT molecular complexity index is 304. The van der Waals surface area contributed by atoms with Gasteiger partial charge < -0.3 is 15.4 Å². The van der Waals surface area contributed by atoms with Crippen LogP contribution in [0.3, 0.4) is 0 Å². The first-order valence-corrected chi connectivity index (χ1v) is 4.38. The fraction of sp³-hybridized carbons (Fsp3) is 0.625. The molecule has 15 heavy (non-hydrogen) atoms. The van der Waals surface area contributed by atoms with E-state index in [1.54, 1.807) is 0 Å². The van der Waals surface area contributed by atoms with E-state index in [-0.39, 0.29) is 13.1 Å². The van der Waals surface area contributed by atoms with Crippen LogP contribution in [0.2, 0.25) is 0 Å².